The zero-order valence-corrected chi connectivity index (χ0v) is 6.68. The Morgan fingerprint density at radius 1 is 1.54 bits per heavy atom. The first-order valence-electron chi connectivity index (χ1n) is 3.26. The first kappa shape index (κ1) is 9.17. The summed E-state index contributed by atoms with van der Waals surface area (Å²) >= 11 is 0. The van der Waals surface area contributed by atoms with Crippen molar-refractivity contribution >= 4 is 11.9 Å². The fourth-order valence-electron chi connectivity index (χ4n) is 0.717. The molecule has 0 aliphatic heterocycles. The molecule has 0 amide bonds. The van der Waals surface area contributed by atoms with Gasteiger partial charge in [-0.15, -0.1) is 0 Å². The van der Waals surface area contributed by atoms with Crippen LogP contribution in [0.2, 0.25) is 0 Å². The van der Waals surface area contributed by atoms with Gasteiger partial charge in [0, 0.05) is 0 Å². The summed E-state index contributed by atoms with van der Waals surface area (Å²) in [5.41, 5.74) is -0.246. The summed E-state index contributed by atoms with van der Waals surface area (Å²) in [5, 5.41) is 14.9. The molecular formula is C6H6N2O5. The molecule has 0 aliphatic carbocycles. The number of carbonyl (C=O) groups excluding carboxylic acids is 1. The molecule has 1 aromatic heterocycles. The first-order chi connectivity index (χ1) is 6.15. The molecule has 70 valence electrons. The molecule has 7 heteroatoms. The van der Waals surface area contributed by atoms with Crippen molar-refractivity contribution in [2.24, 2.45) is 0 Å². The van der Waals surface area contributed by atoms with Gasteiger partial charge in [0.25, 0.3) is 0 Å². The summed E-state index contributed by atoms with van der Waals surface area (Å²) in [4.78, 5) is 21.2. The van der Waals surface area contributed by atoms with Crippen LogP contribution in [0.25, 0.3) is 0 Å². The van der Waals surface area contributed by atoms with E-state index in [9.17, 15) is 9.59 Å². The zero-order valence-electron chi connectivity index (χ0n) is 6.68. The van der Waals surface area contributed by atoms with Crippen LogP contribution >= 0.6 is 0 Å². The van der Waals surface area contributed by atoms with Crippen LogP contribution in [0.3, 0.4) is 0 Å². The first-order valence-corrected chi connectivity index (χ1v) is 3.26. The molecular weight excluding hydrogens is 180 g/mol. The number of hydrogen-bond acceptors (Lipinski definition) is 6. The van der Waals surface area contributed by atoms with E-state index in [-0.39, 0.29) is 11.4 Å². The summed E-state index contributed by atoms with van der Waals surface area (Å²) in [7, 11) is 1.15. The molecule has 0 spiro atoms. The molecule has 0 saturated heterocycles. The van der Waals surface area contributed by atoms with Crippen molar-refractivity contribution < 1.29 is 24.1 Å². The van der Waals surface area contributed by atoms with E-state index in [0.29, 0.717) is 0 Å². The monoisotopic (exact) mass is 186 g/mol. The van der Waals surface area contributed by atoms with E-state index in [4.69, 9.17) is 5.11 Å². The lowest BCUT2D eigenvalue weighted by Crippen LogP contribution is -2.09. The van der Waals surface area contributed by atoms with Gasteiger partial charge < -0.3 is 9.84 Å². The van der Waals surface area contributed by atoms with Gasteiger partial charge >= 0.3 is 11.9 Å². The topological polar surface area (TPSA) is 103 Å². The molecule has 0 radical (unpaired) electrons. The highest BCUT2D eigenvalue weighted by molar-refractivity contribution is 5.89. The van der Waals surface area contributed by atoms with Crippen LogP contribution in [0.4, 0.5) is 0 Å². The summed E-state index contributed by atoms with van der Waals surface area (Å²) in [6.07, 6.45) is -0.423. The number of methoxy groups -OCH3 is 1. The lowest BCUT2D eigenvalue weighted by molar-refractivity contribution is -0.136. The van der Waals surface area contributed by atoms with Gasteiger partial charge in [0.1, 0.15) is 5.69 Å². The standard InChI is InChI=1S/C6H6N2O5/c1-12-6(11)5-3(2-4(9)10)7-13-8-5/h2H2,1H3,(H,9,10). The smallest absolute Gasteiger partial charge is 0.362 e. The minimum atomic E-state index is -1.12. The van der Waals surface area contributed by atoms with Crippen LogP contribution in [0.15, 0.2) is 4.63 Å². The number of aromatic nitrogens is 2. The minimum absolute atomic E-state index is 0.0423. The fraction of sp³-hybridized carbons (Fsp3) is 0.333. The third-order valence-electron chi connectivity index (χ3n) is 1.25. The van der Waals surface area contributed by atoms with Crippen LogP contribution in [-0.4, -0.2) is 34.5 Å². The van der Waals surface area contributed by atoms with Crippen molar-refractivity contribution in [1.82, 2.24) is 10.3 Å². The highest BCUT2D eigenvalue weighted by Gasteiger charge is 2.20. The number of esters is 1. The van der Waals surface area contributed by atoms with Gasteiger partial charge in [-0.2, -0.15) is 0 Å². The summed E-state index contributed by atoms with van der Waals surface area (Å²) in [6, 6.07) is 0. The van der Waals surface area contributed by atoms with Crippen molar-refractivity contribution in [1.29, 1.82) is 0 Å². The highest BCUT2D eigenvalue weighted by Crippen LogP contribution is 2.04. The van der Waals surface area contributed by atoms with E-state index < -0.39 is 18.4 Å². The predicted octanol–water partition coefficient (Wildman–Crippen LogP) is -0.517. The van der Waals surface area contributed by atoms with Crippen molar-refractivity contribution in [2.75, 3.05) is 7.11 Å². The molecule has 0 atom stereocenters. The number of carboxylic acid groups (broad SMARTS) is 1. The number of ether oxygens (including phenoxy) is 1. The number of nitrogens with zero attached hydrogens (tertiary/aromatic N) is 2. The van der Waals surface area contributed by atoms with E-state index in [2.05, 4.69) is 19.7 Å². The minimum Gasteiger partial charge on any atom is -0.481 e. The third kappa shape index (κ3) is 2.01. The Kier molecular flexibility index (Phi) is 2.58. The van der Waals surface area contributed by atoms with Crippen LogP contribution in [0.5, 0.6) is 0 Å². The van der Waals surface area contributed by atoms with Gasteiger partial charge in [0.2, 0.25) is 5.69 Å². The van der Waals surface area contributed by atoms with Crippen molar-refractivity contribution in [3.05, 3.63) is 11.4 Å². The van der Waals surface area contributed by atoms with Crippen molar-refractivity contribution in [2.45, 2.75) is 6.42 Å². The van der Waals surface area contributed by atoms with Crippen LogP contribution < -0.4 is 0 Å². The molecule has 1 heterocycles. The second-order valence-electron chi connectivity index (χ2n) is 2.12. The normalized spacial score (nSPS) is 9.62. The number of carbonyl (C=O) groups is 2. The Morgan fingerprint density at radius 2 is 2.23 bits per heavy atom. The van der Waals surface area contributed by atoms with Gasteiger partial charge in [-0.25, -0.2) is 9.42 Å². The van der Waals surface area contributed by atoms with Crippen LogP contribution in [-0.2, 0) is 16.0 Å². The quantitative estimate of drug-likeness (QED) is 0.633. The molecule has 13 heavy (non-hydrogen) atoms. The molecule has 0 saturated carbocycles. The second kappa shape index (κ2) is 3.65. The van der Waals surface area contributed by atoms with E-state index in [0.717, 1.165) is 7.11 Å². The average molecular weight is 186 g/mol. The molecule has 1 N–H and O–H groups in total. The predicted molar refractivity (Wildman–Crippen MR) is 37.0 cm³/mol. The Bertz CT molecular complexity index is 332. The van der Waals surface area contributed by atoms with E-state index in [1.165, 1.54) is 0 Å². The SMILES string of the molecule is COC(=O)c1nonc1CC(=O)O. The van der Waals surface area contributed by atoms with E-state index >= 15 is 0 Å². The summed E-state index contributed by atoms with van der Waals surface area (Å²) < 4.78 is 8.53. The van der Waals surface area contributed by atoms with E-state index in [1.807, 2.05) is 0 Å². The lowest BCUT2D eigenvalue weighted by atomic mass is 10.2. The van der Waals surface area contributed by atoms with Crippen molar-refractivity contribution in [3.63, 3.8) is 0 Å². The molecule has 0 aliphatic rings. The largest absolute Gasteiger partial charge is 0.481 e. The van der Waals surface area contributed by atoms with Gasteiger partial charge in [-0.1, -0.05) is 5.16 Å². The molecule has 7 nitrogen and oxygen atoms in total. The average Bonchev–Trinajstić information content (AvgIpc) is 2.50. The molecule has 0 unspecified atom stereocenters. The summed E-state index contributed by atoms with van der Waals surface area (Å²) in [5.74, 6) is -1.89. The van der Waals surface area contributed by atoms with Crippen molar-refractivity contribution in [3.8, 4) is 0 Å². The molecule has 1 rings (SSSR count). The van der Waals surface area contributed by atoms with E-state index in [1.54, 1.807) is 0 Å². The third-order valence-corrected chi connectivity index (χ3v) is 1.25. The number of rotatable bonds is 3. The Balaban J connectivity index is 2.89. The number of carboxylic acids is 1. The Morgan fingerprint density at radius 3 is 2.77 bits per heavy atom. The number of hydrogen-bond donors (Lipinski definition) is 1. The Hall–Kier alpha value is -1.92. The molecule has 1 aromatic rings. The Labute approximate surface area is 72.3 Å². The maximum Gasteiger partial charge on any atom is 0.362 e. The highest BCUT2D eigenvalue weighted by atomic mass is 16.6. The van der Waals surface area contributed by atoms with Gasteiger partial charge in [0.15, 0.2) is 0 Å². The maximum atomic E-state index is 10.9. The molecule has 0 fully saturated rings. The molecule has 0 bridgehead atoms. The summed E-state index contributed by atoms with van der Waals surface area (Å²) in [6.45, 7) is 0. The molecule has 0 aromatic carbocycles. The fourth-order valence-corrected chi connectivity index (χ4v) is 0.717. The van der Waals surface area contributed by atoms with Gasteiger partial charge in [-0.05, 0) is 5.16 Å². The van der Waals surface area contributed by atoms with Gasteiger partial charge in [0.05, 0.1) is 13.5 Å². The lowest BCUT2D eigenvalue weighted by Gasteiger charge is -1.93. The second-order valence-corrected chi connectivity index (χ2v) is 2.12. The number of aliphatic carboxylic acids is 1. The zero-order chi connectivity index (χ0) is 9.84. The van der Waals surface area contributed by atoms with Crippen LogP contribution in [0, 0.1) is 0 Å². The van der Waals surface area contributed by atoms with Crippen LogP contribution in [0.1, 0.15) is 16.2 Å². The maximum absolute atomic E-state index is 10.9. The van der Waals surface area contributed by atoms with Gasteiger partial charge in [-0.3, -0.25) is 4.79 Å².